The molecular formula is C9H10N2O2S. The predicted molar refractivity (Wildman–Crippen MR) is 54.1 cm³/mol. The fourth-order valence-electron chi connectivity index (χ4n) is 0.958. The summed E-state index contributed by atoms with van der Waals surface area (Å²) in [6, 6.07) is 5.95. The van der Waals surface area contributed by atoms with Gasteiger partial charge in [-0.05, 0) is 18.2 Å². The molecule has 0 heterocycles. The molecule has 0 bridgehead atoms. The second-order valence-electron chi connectivity index (χ2n) is 2.85. The molecule has 1 aromatic carbocycles. The molecule has 0 saturated heterocycles. The maximum atomic E-state index is 11.6. The summed E-state index contributed by atoms with van der Waals surface area (Å²) in [5.41, 5.74) is 5.83. The highest BCUT2D eigenvalue weighted by Crippen LogP contribution is 2.18. The third-order valence-electron chi connectivity index (χ3n) is 1.82. The van der Waals surface area contributed by atoms with Gasteiger partial charge in [0.1, 0.15) is 0 Å². The van der Waals surface area contributed by atoms with Crippen LogP contribution in [0.4, 0.5) is 5.69 Å². The number of anilines is 1. The van der Waals surface area contributed by atoms with Gasteiger partial charge in [0.25, 0.3) is 9.84 Å². The molecule has 0 aliphatic heterocycles. The fraction of sp³-hybridized carbons (Fsp3) is 0.222. The smallest absolute Gasteiger partial charge is 0.322 e. The summed E-state index contributed by atoms with van der Waals surface area (Å²) in [7, 11) is -3.55. The van der Waals surface area contributed by atoms with E-state index >= 15 is 0 Å². The van der Waals surface area contributed by atoms with Gasteiger partial charge in [-0.2, -0.15) is 0 Å². The zero-order valence-corrected chi connectivity index (χ0v) is 8.45. The van der Waals surface area contributed by atoms with Crippen molar-refractivity contribution in [2.24, 2.45) is 0 Å². The van der Waals surface area contributed by atoms with E-state index in [0.717, 1.165) is 0 Å². The van der Waals surface area contributed by atoms with Crippen molar-refractivity contribution >= 4 is 15.5 Å². The molecule has 0 radical (unpaired) electrons. The molecule has 14 heavy (non-hydrogen) atoms. The standard InChI is InChI=1S/C9H10N2O2S/c1-7(11-2)14(12,13)9-5-3-4-8(10)6-9/h3-7H,10H2,1H3. The first kappa shape index (κ1) is 10.5. The lowest BCUT2D eigenvalue weighted by Crippen LogP contribution is -2.14. The SMILES string of the molecule is [C-]#[N+]C(C)S(=O)(=O)c1cccc(N)c1. The minimum Gasteiger partial charge on any atom is -0.399 e. The van der Waals surface area contributed by atoms with Crippen molar-refractivity contribution in [1.29, 1.82) is 0 Å². The number of hydrogen-bond donors (Lipinski definition) is 1. The van der Waals surface area contributed by atoms with Crippen molar-refractivity contribution in [3.63, 3.8) is 0 Å². The molecule has 1 unspecified atom stereocenters. The molecule has 0 aromatic heterocycles. The minimum atomic E-state index is -3.55. The van der Waals surface area contributed by atoms with E-state index in [2.05, 4.69) is 4.85 Å². The highest BCUT2D eigenvalue weighted by molar-refractivity contribution is 7.92. The van der Waals surface area contributed by atoms with Crippen LogP contribution < -0.4 is 5.73 Å². The number of sulfone groups is 1. The molecule has 1 aromatic rings. The average Bonchev–Trinajstić information content (AvgIpc) is 2.16. The second kappa shape index (κ2) is 3.68. The van der Waals surface area contributed by atoms with Crippen LogP contribution >= 0.6 is 0 Å². The van der Waals surface area contributed by atoms with E-state index in [4.69, 9.17) is 12.3 Å². The Balaban J connectivity index is 3.26. The Morgan fingerprint density at radius 1 is 1.50 bits per heavy atom. The minimum absolute atomic E-state index is 0.0981. The molecule has 0 fully saturated rings. The van der Waals surface area contributed by atoms with Crippen LogP contribution in [0.1, 0.15) is 6.92 Å². The maximum absolute atomic E-state index is 11.6. The largest absolute Gasteiger partial charge is 0.399 e. The van der Waals surface area contributed by atoms with Gasteiger partial charge in [-0.15, -0.1) is 0 Å². The number of rotatable bonds is 2. The van der Waals surface area contributed by atoms with Crippen LogP contribution in [-0.2, 0) is 9.84 Å². The van der Waals surface area contributed by atoms with Crippen LogP contribution in [0.15, 0.2) is 29.2 Å². The van der Waals surface area contributed by atoms with Gasteiger partial charge in [-0.1, -0.05) is 6.07 Å². The highest BCUT2D eigenvalue weighted by Gasteiger charge is 2.27. The summed E-state index contributed by atoms with van der Waals surface area (Å²) >= 11 is 0. The molecular weight excluding hydrogens is 200 g/mol. The summed E-state index contributed by atoms with van der Waals surface area (Å²) in [6.45, 7) is 8.03. The van der Waals surface area contributed by atoms with Gasteiger partial charge in [0.15, 0.2) is 0 Å². The molecule has 5 heteroatoms. The molecule has 0 saturated carbocycles. The van der Waals surface area contributed by atoms with Crippen LogP contribution in [-0.4, -0.2) is 13.8 Å². The first-order valence-corrected chi connectivity index (χ1v) is 5.49. The van der Waals surface area contributed by atoms with Crippen molar-refractivity contribution < 1.29 is 8.42 Å². The Labute approximate surface area is 83.1 Å². The van der Waals surface area contributed by atoms with E-state index in [-0.39, 0.29) is 4.90 Å². The zero-order chi connectivity index (χ0) is 10.8. The van der Waals surface area contributed by atoms with Crippen LogP contribution in [0.5, 0.6) is 0 Å². The fourth-order valence-corrected chi connectivity index (χ4v) is 2.06. The van der Waals surface area contributed by atoms with Gasteiger partial charge in [-0.3, -0.25) is 4.85 Å². The van der Waals surface area contributed by atoms with E-state index in [9.17, 15) is 8.42 Å². The highest BCUT2D eigenvalue weighted by atomic mass is 32.2. The number of hydrogen-bond acceptors (Lipinski definition) is 3. The average molecular weight is 210 g/mol. The second-order valence-corrected chi connectivity index (χ2v) is 5.09. The molecule has 0 aliphatic carbocycles. The van der Waals surface area contributed by atoms with Crippen LogP contribution in [0.2, 0.25) is 0 Å². The Kier molecular flexibility index (Phi) is 2.77. The van der Waals surface area contributed by atoms with E-state index in [1.165, 1.54) is 19.1 Å². The van der Waals surface area contributed by atoms with Gasteiger partial charge in [0.2, 0.25) is 0 Å². The Bertz CT molecular complexity index is 474. The summed E-state index contributed by atoms with van der Waals surface area (Å²) in [6.07, 6.45) is 0. The lowest BCUT2D eigenvalue weighted by molar-refractivity contribution is 0.591. The lowest BCUT2D eigenvalue weighted by Gasteiger charge is -2.03. The monoisotopic (exact) mass is 210 g/mol. The summed E-state index contributed by atoms with van der Waals surface area (Å²) < 4.78 is 23.3. The maximum Gasteiger partial charge on any atom is 0.322 e. The van der Waals surface area contributed by atoms with E-state index in [1.54, 1.807) is 12.1 Å². The molecule has 1 rings (SSSR count). The molecule has 0 aliphatic rings. The van der Waals surface area contributed by atoms with Crippen LogP contribution in [0, 0.1) is 6.57 Å². The number of nitrogen functional groups attached to an aromatic ring is 1. The van der Waals surface area contributed by atoms with Gasteiger partial charge in [0.05, 0.1) is 4.90 Å². The van der Waals surface area contributed by atoms with Crippen molar-refractivity contribution in [1.82, 2.24) is 0 Å². The number of benzene rings is 1. The summed E-state index contributed by atoms with van der Waals surface area (Å²) in [5, 5.41) is -1.07. The molecule has 2 N–H and O–H groups in total. The van der Waals surface area contributed by atoms with E-state index < -0.39 is 15.2 Å². The Morgan fingerprint density at radius 2 is 2.14 bits per heavy atom. The van der Waals surface area contributed by atoms with Gasteiger partial charge >= 0.3 is 5.37 Å². The first-order valence-electron chi connectivity index (χ1n) is 3.94. The summed E-state index contributed by atoms with van der Waals surface area (Å²) in [5.74, 6) is 0. The number of nitrogens with zero attached hydrogens (tertiary/aromatic N) is 1. The first-order chi connectivity index (χ1) is 6.48. The van der Waals surface area contributed by atoms with Crippen molar-refractivity contribution in [3.05, 3.63) is 35.7 Å². The van der Waals surface area contributed by atoms with Gasteiger partial charge in [0, 0.05) is 12.6 Å². The predicted octanol–water partition coefficient (Wildman–Crippen LogP) is 1.31. The molecule has 1 atom stereocenters. The van der Waals surface area contributed by atoms with Gasteiger partial charge in [-0.25, -0.2) is 15.0 Å². The molecule has 74 valence electrons. The Morgan fingerprint density at radius 3 is 2.64 bits per heavy atom. The topological polar surface area (TPSA) is 64.5 Å². The number of nitrogens with two attached hydrogens (primary N) is 1. The van der Waals surface area contributed by atoms with Crippen molar-refractivity contribution in [2.45, 2.75) is 17.2 Å². The lowest BCUT2D eigenvalue weighted by atomic mass is 10.3. The third-order valence-corrected chi connectivity index (χ3v) is 3.73. The van der Waals surface area contributed by atoms with Gasteiger partial charge < -0.3 is 5.73 Å². The van der Waals surface area contributed by atoms with Crippen molar-refractivity contribution in [3.8, 4) is 0 Å². The van der Waals surface area contributed by atoms with Crippen molar-refractivity contribution in [2.75, 3.05) is 5.73 Å². The van der Waals surface area contributed by atoms with Crippen LogP contribution in [0.3, 0.4) is 0 Å². The van der Waals surface area contributed by atoms with Crippen LogP contribution in [0.25, 0.3) is 4.85 Å². The normalized spacial score (nSPS) is 13.1. The third kappa shape index (κ3) is 1.86. The summed E-state index contributed by atoms with van der Waals surface area (Å²) in [4.78, 5) is 3.09. The molecule has 4 nitrogen and oxygen atoms in total. The molecule has 0 amide bonds. The quantitative estimate of drug-likeness (QED) is 0.591. The Hall–Kier alpha value is -1.54. The van der Waals surface area contributed by atoms with E-state index in [1.807, 2.05) is 0 Å². The molecule has 0 spiro atoms. The van der Waals surface area contributed by atoms with E-state index in [0.29, 0.717) is 5.69 Å². The zero-order valence-electron chi connectivity index (χ0n) is 7.64.